The Morgan fingerprint density at radius 2 is 1.69 bits per heavy atom. The fourth-order valence-corrected chi connectivity index (χ4v) is 7.95. The third-order valence-electron chi connectivity index (χ3n) is 10.1. The average molecular weight is 656 g/mol. The van der Waals surface area contributed by atoms with Crippen LogP contribution in [0.4, 0.5) is 5.69 Å². The van der Waals surface area contributed by atoms with E-state index >= 15 is 0 Å². The molecule has 2 aromatic rings. The highest BCUT2D eigenvalue weighted by Gasteiger charge is 2.71. The van der Waals surface area contributed by atoms with Crippen molar-refractivity contribution in [3.05, 3.63) is 89.5 Å². The first-order valence-electron chi connectivity index (χ1n) is 17.0. The number of cyclic esters (lactones) is 1. The van der Waals surface area contributed by atoms with Gasteiger partial charge in [-0.25, -0.2) is 0 Å². The predicted molar refractivity (Wildman–Crippen MR) is 180 cm³/mol. The number of rotatable bonds is 7. The molecule has 0 unspecified atom stereocenters. The van der Waals surface area contributed by atoms with Crippen LogP contribution in [0.5, 0.6) is 0 Å². The van der Waals surface area contributed by atoms with E-state index in [4.69, 9.17) is 9.47 Å². The van der Waals surface area contributed by atoms with Gasteiger partial charge in [0.2, 0.25) is 11.8 Å². The topological polar surface area (TPSA) is 125 Å². The molecule has 2 aromatic carbocycles. The van der Waals surface area contributed by atoms with Gasteiger partial charge in [0.25, 0.3) is 5.91 Å². The second-order valence-corrected chi connectivity index (χ2v) is 13.3. The first-order valence-corrected chi connectivity index (χ1v) is 17.0. The lowest BCUT2D eigenvalue weighted by Crippen LogP contribution is -2.55. The van der Waals surface area contributed by atoms with Crippen molar-refractivity contribution in [2.24, 2.45) is 11.8 Å². The van der Waals surface area contributed by atoms with Crippen LogP contribution in [0.3, 0.4) is 0 Å². The Labute approximate surface area is 281 Å². The van der Waals surface area contributed by atoms with Crippen molar-refractivity contribution >= 4 is 29.4 Å². The maximum absolute atomic E-state index is 14.8. The zero-order valence-electron chi connectivity index (χ0n) is 27.8. The number of fused-ring (bicyclic) bond motifs is 2. The zero-order chi connectivity index (χ0) is 34.0. The number of carbonyl (C=O) groups excluding carboxylic acids is 4. The Morgan fingerprint density at radius 3 is 2.42 bits per heavy atom. The number of esters is 1. The van der Waals surface area contributed by atoms with Crippen molar-refractivity contribution in [2.45, 2.75) is 82.8 Å². The molecule has 6 rings (SSSR count). The van der Waals surface area contributed by atoms with Crippen molar-refractivity contribution in [1.82, 2.24) is 10.2 Å². The van der Waals surface area contributed by atoms with E-state index in [1.165, 1.54) is 0 Å². The molecule has 0 aliphatic carbocycles. The van der Waals surface area contributed by atoms with Crippen LogP contribution in [0.1, 0.15) is 61.8 Å². The molecule has 7 atom stereocenters. The summed E-state index contributed by atoms with van der Waals surface area (Å²) in [5, 5.41) is 12.4. The second-order valence-electron chi connectivity index (χ2n) is 13.3. The number of unbranched alkanes of at least 4 members (excludes halogenated alkanes) is 2. The number of allylic oxidation sites excluding steroid dienone is 1. The lowest BCUT2D eigenvalue weighted by Gasteiger charge is -2.36. The molecule has 0 bridgehead atoms. The highest BCUT2D eigenvalue weighted by Crippen LogP contribution is 2.53. The van der Waals surface area contributed by atoms with Gasteiger partial charge in [-0.15, -0.1) is 0 Å². The van der Waals surface area contributed by atoms with E-state index in [1.807, 2.05) is 74.5 Å². The van der Waals surface area contributed by atoms with E-state index in [1.54, 1.807) is 28.9 Å². The molecule has 10 nitrogen and oxygen atoms in total. The minimum absolute atomic E-state index is 0.0401. The van der Waals surface area contributed by atoms with Crippen molar-refractivity contribution in [2.75, 3.05) is 24.6 Å². The Morgan fingerprint density at radius 1 is 0.938 bits per heavy atom. The van der Waals surface area contributed by atoms with Gasteiger partial charge in [-0.3, -0.25) is 19.2 Å². The smallest absolute Gasteiger partial charge is 0.313 e. The molecule has 0 aromatic heterocycles. The lowest BCUT2D eigenvalue weighted by molar-refractivity contribution is -0.161. The van der Waals surface area contributed by atoms with Gasteiger partial charge < -0.3 is 29.7 Å². The molecule has 2 saturated heterocycles. The quantitative estimate of drug-likeness (QED) is 0.262. The van der Waals surface area contributed by atoms with Gasteiger partial charge in [0.15, 0.2) is 0 Å². The number of nitrogens with one attached hydrogen (secondary N) is 1. The standard InChI is InChI=1S/C38H45N3O7/c1-24-14-12-15-25(2)32(24)40-22-13-20-38-31(35(44)41(34(38)36(40)45)21-10-5-11-23-42)30-28(48-38)18-8-9-19-29(43)39-26(3)33(47-37(30)46)27-16-6-4-7-17-27/h4,6-8,12-18,20,26,28,30-31,33-34,42H,5,9-11,19,21-23H2,1-3H3,(H,39,43)/b18-8-/t26-,28-,30+,31+,33+,34-,38+/m0/s1. The number of hydrogen-bond acceptors (Lipinski definition) is 7. The summed E-state index contributed by atoms with van der Waals surface area (Å²) in [6.45, 7) is 6.33. The van der Waals surface area contributed by atoms with Gasteiger partial charge in [0.05, 0.1) is 18.1 Å². The Kier molecular flexibility index (Phi) is 9.85. The van der Waals surface area contributed by atoms with Crippen molar-refractivity contribution in [3.63, 3.8) is 0 Å². The van der Waals surface area contributed by atoms with Gasteiger partial charge in [-0.2, -0.15) is 0 Å². The Hall–Kier alpha value is -4.28. The van der Waals surface area contributed by atoms with E-state index in [2.05, 4.69) is 5.32 Å². The summed E-state index contributed by atoms with van der Waals surface area (Å²) < 4.78 is 13.1. The van der Waals surface area contributed by atoms with Gasteiger partial charge in [0.1, 0.15) is 23.7 Å². The number of anilines is 1. The maximum atomic E-state index is 14.8. The van der Waals surface area contributed by atoms with E-state index in [0.29, 0.717) is 31.2 Å². The lowest BCUT2D eigenvalue weighted by atomic mass is 9.77. The van der Waals surface area contributed by atoms with E-state index < -0.39 is 47.7 Å². The van der Waals surface area contributed by atoms with Crippen molar-refractivity contribution in [1.29, 1.82) is 0 Å². The number of likely N-dealkylation sites (tertiary alicyclic amines) is 1. The third kappa shape index (κ3) is 6.07. The van der Waals surface area contributed by atoms with Gasteiger partial charge in [0, 0.05) is 31.8 Å². The van der Waals surface area contributed by atoms with Crippen LogP contribution in [0.2, 0.25) is 0 Å². The van der Waals surface area contributed by atoms with Crippen LogP contribution in [0.25, 0.3) is 0 Å². The molecular formula is C38H45N3O7. The summed E-state index contributed by atoms with van der Waals surface area (Å²) in [6.07, 6.45) is 8.07. The van der Waals surface area contributed by atoms with E-state index in [0.717, 1.165) is 16.8 Å². The van der Waals surface area contributed by atoms with Crippen LogP contribution in [0.15, 0.2) is 72.8 Å². The maximum Gasteiger partial charge on any atom is 0.313 e. The monoisotopic (exact) mass is 655 g/mol. The van der Waals surface area contributed by atoms with Crippen LogP contribution >= 0.6 is 0 Å². The number of amides is 3. The van der Waals surface area contributed by atoms with Crippen LogP contribution in [-0.2, 0) is 28.7 Å². The fraction of sp³-hybridized carbons (Fsp3) is 0.474. The Bertz CT molecular complexity index is 1590. The number of aliphatic hydroxyl groups excluding tert-OH is 1. The molecule has 3 amide bonds. The zero-order valence-corrected chi connectivity index (χ0v) is 27.8. The number of hydrogen-bond donors (Lipinski definition) is 2. The minimum atomic E-state index is -1.42. The number of carbonyl (C=O) groups is 4. The van der Waals surface area contributed by atoms with Crippen molar-refractivity contribution in [3.8, 4) is 0 Å². The molecule has 48 heavy (non-hydrogen) atoms. The van der Waals surface area contributed by atoms with Gasteiger partial charge in [-0.05, 0) is 63.1 Å². The minimum Gasteiger partial charge on any atom is -0.455 e. The largest absolute Gasteiger partial charge is 0.455 e. The number of aliphatic hydroxyl groups is 1. The number of aryl methyl sites for hydroxylation is 2. The summed E-state index contributed by atoms with van der Waals surface area (Å²) in [5.41, 5.74) is 1.96. The van der Waals surface area contributed by atoms with E-state index in [-0.39, 0.29) is 43.8 Å². The first-order chi connectivity index (χ1) is 23.2. The summed E-state index contributed by atoms with van der Waals surface area (Å²) in [4.78, 5) is 60.1. The predicted octanol–water partition coefficient (Wildman–Crippen LogP) is 4.09. The molecule has 4 heterocycles. The molecule has 1 spiro atoms. The van der Waals surface area contributed by atoms with Crippen LogP contribution in [0, 0.1) is 25.7 Å². The Balaban J connectivity index is 1.44. The molecule has 0 radical (unpaired) electrons. The van der Waals surface area contributed by atoms with E-state index in [9.17, 15) is 24.3 Å². The molecular weight excluding hydrogens is 610 g/mol. The second kappa shape index (κ2) is 14.1. The first kappa shape index (κ1) is 33.6. The summed E-state index contributed by atoms with van der Waals surface area (Å²) in [7, 11) is 0. The molecule has 0 saturated carbocycles. The summed E-state index contributed by atoms with van der Waals surface area (Å²) >= 11 is 0. The summed E-state index contributed by atoms with van der Waals surface area (Å²) in [6, 6.07) is 13.6. The van der Waals surface area contributed by atoms with Crippen LogP contribution in [-0.4, -0.2) is 77.2 Å². The number of ether oxygens (including phenoxy) is 2. The third-order valence-corrected chi connectivity index (χ3v) is 10.1. The normalized spacial score (nSPS) is 31.2. The number of para-hydroxylation sites is 1. The molecule has 2 N–H and O–H groups in total. The van der Waals surface area contributed by atoms with Gasteiger partial charge >= 0.3 is 5.97 Å². The number of nitrogens with zero attached hydrogens (tertiary/aromatic N) is 2. The highest BCUT2D eigenvalue weighted by atomic mass is 16.6. The molecule has 254 valence electrons. The molecule has 10 heteroatoms. The van der Waals surface area contributed by atoms with Gasteiger partial charge in [-0.1, -0.05) is 72.8 Å². The molecule has 2 fully saturated rings. The van der Waals surface area contributed by atoms with Crippen LogP contribution < -0.4 is 10.2 Å². The number of benzene rings is 2. The van der Waals surface area contributed by atoms with Crippen molar-refractivity contribution < 1.29 is 33.8 Å². The SMILES string of the molecule is Cc1cccc(C)c1N1CC=C[C@@]23O[C@H]4/C=C\CCC(=O)N[C@@H](C)[C@H](c5ccccc5)OC(=O)[C@H]4[C@@H]2C(=O)N(CCCCCO)[C@H]3C1=O. The average Bonchev–Trinajstić information content (AvgIpc) is 3.45. The highest BCUT2D eigenvalue weighted by molar-refractivity contribution is 6.06. The molecule has 4 aliphatic heterocycles. The summed E-state index contributed by atoms with van der Waals surface area (Å²) in [5.74, 6) is -3.42. The molecule has 4 aliphatic rings. The fourth-order valence-electron chi connectivity index (χ4n) is 7.95.